The Balaban J connectivity index is 1.44. The van der Waals surface area contributed by atoms with Gasteiger partial charge in [0, 0.05) is 58.1 Å². The summed E-state index contributed by atoms with van der Waals surface area (Å²) in [6, 6.07) is 17.7. The third-order valence-electron chi connectivity index (χ3n) is 5.79. The predicted molar refractivity (Wildman–Crippen MR) is 130 cm³/mol. The van der Waals surface area contributed by atoms with Crippen molar-refractivity contribution in [3.05, 3.63) is 77.8 Å². The first-order valence-corrected chi connectivity index (χ1v) is 11.1. The summed E-state index contributed by atoms with van der Waals surface area (Å²) in [5.41, 5.74) is 3.15. The molecular weight excluding hydrogens is 430 g/mol. The number of benzene rings is 2. The Morgan fingerprint density at radius 2 is 1.88 bits per heavy atom. The zero-order valence-electron chi connectivity index (χ0n) is 19.3. The van der Waals surface area contributed by atoms with E-state index < -0.39 is 0 Å². The van der Waals surface area contributed by atoms with Crippen LogP contribution in [0.3, 0.4) is 0 Å². The highest BCUT2D eigenvalue weighted by atomic mass is 16.4. The molecule has 0 fully saturated rings. The van der Waals surface area contributed by atoms with Gasteiger partial charge in [0.15, 0.2) is 0 Å². The minimum atomic E-state index is -0.143. The monoisotopic (exact) mass is 455 g/mol. The summed E-state index contributed by atoms with van der Waals surface area (Å²) in [7, 11) is 3.89. The third kappa shape index (κ3) is 4.19. The van der Waals surface area contributed by atoms with E-state index in [0.717, 1.165) is 16.8 Å². The van der Waals surface area contributed by atoms with Gasteiger partial charge in [-0.25, -0.2) is 4.98 Å². The quantitative estimate of drug-likeness (QED) is 0.451. The van der Waals surface area contributed by atoms with Gasteiger partial charge in [-0.05, 0) is 23.8 Å². The number of carbonyl (C=O) groups excluding carboxylic acids is 1. The lowest BCUT2D eigenvalue weighted by Gasteiger charge is -2.21. The molecule has 0 aliphatic carbocycles. The first kappa shape index (κ1) is 21.6. The maximum atomic E-state index is 13.6. The number of anilines is 3. The Morgan fingerprint density at radius 3 is 2.65 bits per heavy atom. The van der Waals surface area contributed by atoms with Crippen molar-refractivity contribution in [1.82, 2.24) is 20.2 Å². The van der Waals surface area contributed by atoms with E-state index in [-0.39, 0.29) is 5.91 Å². The standard InChI is InChI=1S/C25H25N7O2/c1-17-28-29-23(34-17)19-10-7-11-20(14-19)32-13-12-30(2)22-21(24(32)33)15-26-25(27-22)31(3)16-18-8-5-4-6-9-18/h4-11,14-15H,12-13,16H2,1-3H3. The van der Waals surface area contributed by atoms with Crippen LogP contribution < -0.4 is 14.7 Å². The van der Waals surface area contributed by atoms with Crippen LogP contribution in [0, 0.1) is 6.92 Å². The summed E-state index contributed by atoms with van der Waals surface area (Å²) in [6.07, 6.45) is 1.63. The maximum Gasteiger partial charge on any atom is 0.263 e. The molecule has 1 amide bonds. The van der Waals surface area contributed by atoms with Crippen LogP contribution >= 0.6 is 0 Å². The van der Waals surface area contributed by atoms with Gasteiger partial charge in [-0.15, -0.1) is 10.2 Å². The summed E-state index contributed by atoms with van der Waals surface area (Å²) in [5.74, 6) is 1.97. The normalized spacial score (nSPS) is 13.6. The van der Waals surface area contributed by atoms with Gasteiger partial charge in [0.05, 0.1) is 0 Å². The van der Waals surface area contributed by atoms with Crippen LogP contribution in [0.5, 0.6) is 0 Å². The fourth-order valence-corrected chi connectivity index (χ4v) is 3.99. The summed E-state index contributed by atoms with van der Waals surface area (Å²) in [6.45, 7) is 3.55. The molecule has 9 heteroatoms. The molecule has 3 heterocycles. The Morgan fingerprint density at radius 1 is 1.06 bits per heavy atom. The zero-order valence-corrected chi connectivity index (χ0v) is 19.3. The summed E-state index contributed by atoms with van der Waals surface area (Å²) < 4.78 is 5.56. The van der Waals surface area contributed by atoms with Crippen molar-refractivity contribution in [2.75, 3.05) is 41.9 Å². The van der Waals surface area contributed by atoms with E-state index in [1.54, 1.807) is 18.0 Å². The maximum absolute atomic E-state index is 13.6. The minimum absolute atomic E-state index is 0.143. The number of aryl methyl sites for hydroxylation is 1. The molecular formula is C25H25N7O2. The molecule has 0 saturated heterocycles. The zero-order chi connectivity index (χ0) is 23.7. The molecule has 0 radical (unpaired) electrons. The van der Waals surface area contributed by atoms with Gasteiger partial charge < -0.3 is 19.1 Å². The van der Waals surface area contributed by atoms with Gasteiger partial charge >= 0.3 is 0 Å². The lowest BCUT2D eigenvalue weighted by atomic mass is 10.1. The fraction of sp³-hybridized carbons (Fsp3) is 0.240. The van der Waals surface area contributed by atoms with Crippen LogP contribution in [0.15, 0.2) is 65.2 Å². The lowest BCUT2D eigenvalue weighted by Crippen LogP contribution is -2.33. The van der Waals surface area contributed by atoms with Gasteiger partial charge in [0.25, 0.3) is 5.91 Å². The van der Waals surface area contributed by atoms with Gasteiger partial charge in [0.1, 0.15) is 11.4 Å². The molecule has 0 unspecified atom stereocenters. The number of nitrogens with zero attached hydrogens (tertiary/aromatic N) is 7. The molecule has 0 saturated carbocycles. The number of hydrogen-bond acceptors (Lipinski definition) is 8. The minimum Gasteiger partial charge on any atom is -0.421 e. The van der Waals surface area contributed by atoms with Gasteiger partial charge in [0.2, 0.25) is 17.7 Å². The second kappa shape index (κ2) is 8.93. The largest absolute Gasteiger partial charge is 0.421 e. The number of amides is 1. The highest BCUT2D eigenvalue weighted by molar-refractivity contribution is 6.10. The molecule has 1 aliphatic heterocycles. The summed E-state index contributed by atoms with van der Waals surface area (Å²) >= 11 is 0. The van der Waals surface area contributed by atoms with Crippen LogP contribution in [0.2, 0.25) is 0 Å². The molecule has 2 aromatic heterocycles. The Kier molecular flexibility index (Phi) is 5.67. The van der Waals surface area contributed by atoms with Crippen molar-refractivity contribution >= 4 is 23.4 Å². The number of carbonyl (C=O) groups is 1. The molecule has 5 rings (SSSR count). The first-order chi connectivity index (χ1) is 16.5. The SMILES string of the molecule is Cc1nnc(-c2cccc(N3CCN(C)c4nc(N(C)Cc5ccccc5)ncc4C3=O)c2)o1. The lowest BCUT2D eigenvalue weighted by molar-refractivity contribution is 0.0989. The second-order valence-corrected chi connectivity index (χ2v) is 8.30. The number of aromatic nitrogens is 4. The van der Waals surface area contributed by atoms with Crippen molar-refractivity contribution < 1.29 is 9.21 Å². The highest BCUT2D eigenvalue weighted by Crippen LogP contribution is 2.29. The molecule has 0 atom stereocenters. The molecule has 0 bridgehead atoms. The Bertz CT molecular complexity index is 1320. The van der Waals surface area contributed by atoms with Crippen LogP contribution in [-0.2, 0) is 6.54 Å². The van der Waals surface area contributed by atoms with E-state index in [0.29, 0.717) is 48.7 Å². The molecule has 9 nitrogen and oxygen atoms in total. The topological polar surface area (TPSA) is 91.5 Å². The van der Waals surface area contributed by atoms with Crippen LogP contribution in [0.1, 0.15) is 21.8 Å². The van der Waals surface area contributed by atoms with E-state index in [4.69, 9.17) is 9.40 Å². The molecule has 4 aromatic rings. The second-order valence-electron chi connectivity index (χ2n) is 8.30. The molecule has 1 aliphatic rings. The van der Waals surface area contributed by atoms with Crippen molar-refractivity contribution in [2.24, 2.45) is 0 Å². The van der Waals surface area contributed by atoms with Gasteiger partial charge in [-0.2, -0.15) is 4.98 Å². The van der Waals surface area contributed by atoms with Crippen molar-refractivity contribution in [3.63, 3.8) is 0 Å². The van der Waals surface area contributed by atoms with E-state index >= 15 is 0 Å². The van der Waals surface area contributed by atoms with Gasteiger partial charge in [-0.3, -0.25) is 4.79 Å². The van der Waals surface area contributed by atoms with E-state index in [9.17, 15) is 4.79 Å². The fourth-order valence-electron chi connectivity index (χ4n) is 3.99. The van der Waals surface area contributed by atoms with E-state index in [1.165, 1.54) is 0 Å². The van der Waals surface area contributed by atoms with E-state index in [2.05, 4.69) is 27.3 Å². The van der Waals surface area contributed by atoms with Crippen LogP contribution in [0.25, 0.3) is 11.5 Å². The number of likely N-dealkylation sites (N-methyl/N-ethyl adjacent to an activating group) is 1. The number of hydrogen-bond donors (Lipinski definition) is 0. The average Bonchev–Trinajstić information content (AvgIpc) is 3.25. The van der Waals surface area contributed by atoms with Crippen molar-refractivity contribution in [2.45, 2.75) is 13.5 Å². The average molecular weight is 456 g/mol. The molecule has 0 spiro atoms. The summed E-state index contributed by atoms with van der Waals surface area (Å²) in [4.78, 5) is 28.6. The smallest absolute Gasteiger partial charge is 0.263 e. The van der Waals surface area contributed by atoms with E-state index in [1.807, 2.05) is 66.4 Å². The number of fused-ring (bicyclic) bond motifs is 1. The molecule has 0 N–H and O–H groups in total. The highest BCUT2D eigenvalue weighted by Gasteiger charge is 2.28. The summed E-state index contributed by atoms with van der Waals surface area (Å²) in [5, 5.41) is 7.99. The Hall–Kier alpha value is -4.27. The molecule has 2 aromatic carbocycles. The van der Waals surface area contributed by atoms with Crippen molar-refractivity contribution in [3.8, 4) is 11.5 Å². The molecule has 34 heavy (non-hydrogen) atoms. The molecule has 172 valence electrons. The van der Waals surface area contributed by atoms with Gasteiger partial charge in [-0.1, -0.05) is 36.4 Å². The number of rotatable bonds is 5. The van der Waals surface area contributed by atoms with Crippen LogP contribution in [-0.4, -0.2) is 53.3 Å². The Labute approximate surface area is 197 Å². The predicted octanol–water partition coefficient (Wildman–Crippen LogP) is 3.57. The van der Waals surface area contributed by atoms with Crippen molar-refractivity contribution in [1.29, 1.82) is 0 Å². The van der Waals surface area contributed by atoms with Crippen LogP contribution in [0.4, 0.5) is 17.5 Å². The third-order valence-corrected chi connectivity index (χ3v) is 5.79. The first-order valence-electron chi connectivity index (χ1n) is 11.1.